The molecule has 0 amide bonds. The summed E-state index contributed by atoms with van der Waals surface area (Å²) in [4.78, 5) is 0. The van der Waals surface area contributed by atoms with Crippen LogP contribution in [0.5, 0.6) is 0 Å². The summed E-state index contributed by atoms with van der Waals surface area (Å²) >= 11 is 3.30. The van der Waals surface area contributed by atoms with E-state index >= 15 is 0 Å². The van der Waals surface area contributed by atoms with Crippen LogP contribution in [0, 0.1) is 5.82 Å². The predicted octanol–water partition coefficient (Wildman–Crippen LogP) is 3.05. The fraction of sp³-hybridized carbons (Fsp3) is 0.182. The van der Waals surface area contributed by atoms with Gasteiger partial charge in [-0.25, -0.2) is 4.39 Å². The summed E-state index contributed by atoms with van der Waals surface area (Å²) in [7, 11) is 0. The molecule has 16 heavy (non-hydrogen) atoms. The standard InChI is InChI=1S/C11H11BrFN3/c1-2-16-6-10(14)11(15-16)8-5-7(12)3-4-9(8)13/h3-6H,2,14H2,1H3. The summed E-state index contributed by atoms with van der Waals surface area (Å²) < 4.78 is 16.1. The van der Waals surface area contributed by atoms with E-state index in [9.17, 15) is 4.39 Å². The number of hydrogen-bond donors (Lipinski definition) is 1. The molecular weight excluding hydrogens is 273 g/mol. The molecule has 0 aliphatic rings. The highest BCUT2D eigenvalue weighted by atomic mass is 79.9. The molecule has 0 aliphatic carbocycles. The second-order valence-corrected chi connectivity index (χ2v) is 4.33. The minimum Gasteiger partial charge on any atom is -0.396 e. The van der Waals surface area contributed by atoms with E-state index in [0.29, 0.717) is 23.5 Å². The molecule has 2 N–H and O–H groups in total. The molecule has 0 unspecified atom stereocenters. The van der Waals surface area contributed by atoms with Crippen molar-refractivity contribution in [3.63, 3.8) is 0 Å². The van der Waals surface area contributed by atoms with Gasteiger partial charge in [0, 0.05) is 22.8 Å². The summed E-state index contributed by atoms with van der Waals surface area (Å²) in [6.45, 7) is 2.66. The van der Waals surface area contributed by atoms with E-state index < -0.39 is 0 Å². The summed E-state index contributed by atoms with van der Waals surface area (Å²) in [6, 6.07) is 4.71. The monoisotopic (exact) mass is 283 g/mol. The van der Waals surface area contributed by atoms with Crippen LogP contribution in [0.15, 0.2) is 28.9 Å². The van der Waals surface area contributed by atoms with E-state index in [0.717, 1.165) is 4.47 Å². The van der Waals surface area contributed by atoms with Gasteiger partial charge in [0.05, 0.1) is 5.69 Å². The van der Waals surface area contributed by atoms with Crippen molar-refractivity contribution in [2.75, 3.05) is 5.73 Å². The van der Waals surface area contributed by atoms with Crippen LogP contribution in [-0.2, 0) is 6.54 Å². The third-order valence-electron chi connectivity index (χ3n) is 2.30. The minimum atomic E-state index is -0.323. The van der Waals surface area contributed by atoms with Crippen LogP contribution < -0.4 is 5.73 Å². The number of aromatic nitrogens is 2. The second kappa shape index (κ2) is 4.25. The van der Waals surface area contributed by atoms with Crippen LogP contribution in [0.25, 0.3) is 11.3 Å². The lowest BCUT2D eigenvalue weighted by molar-refractivity contribution is 0.627. The highest BCUT2D eigenvalue weighted by molar-refractivity contribution is 9.10. The number of nitrogen functional groups attached to an aromatic ring is 1. The smallest absolute Gasteiger partial charge is 0.132 e. The summed E-state index contributed by atoms with van der Waals surface area (Å²) in [5, 5.41) is 4.23. The topological polar surface area (TPSA) is 43.8 Å². The first-order valence-electron chi connectivity index (χ1n) is 4.90. The summed E-state index contributed by atoms with van der Waals surface area (Å²) in [5.41, 5.74) is 7.19. The van der Waals surface area contributed by atoms with Gasteiger partial charge in [-0.05, 0) is 25.1 Å². The summed E-state index contributed by atoms with van der Waals surface area (Å²) in [5.74, 6) is -0.323. The van der Waals surface area contributed by atoms with E-state index in [1.54, 1.807) is 23.0 Å². The molecular formula is C11H11BrFN3. The van der Waals surface area contributed by atoms with E-state index in [1.807, 2.05) is 6.92 Å². The Morgan fingerprint density at radius 2 is 2.25 bits per heavy atom. The maximum absolute atomic E-state index is 13.6. The van der Waals surface area contributed by atoms with Crippen LogP contribution in [0.1, 0.15) is 6.92 Å². The van der Waals surface area contributed by atoms with Crippen LogP contribution in [0.2, 0.25) is 0 Å². The van der Waals surface area contributed by atoms with Gasteiger partial charge >= 0.3 is 0 Å². The molecule has 0 aliphatic heterocycles. The van der Waals surface area contributed by atoms with E-state index in [4.69, 9.17) is 5.73 Å². The number of rotatable bonds is 2. The molecule has 1 aromatic heterocycles. The molecule has 0 fully saturated rings. The molecule has 84 valence electrons. The van der Waals surface area contributed by atoms with Gasteiger partial charge in [-0.1, -0.05) is 15.9 Å². The highest BCUT2D eigenvalue weighted by Gasteiger charge is 2.12. The van der Waals surface area contributed by atoms with Crippen molar-refractivity contribution in [3.8, 4) is 11.3 Å². The van der Waals surface area contributed by atoms with E-state index in [1.165, 1.54) is 6.07 Å². The average molecular weight is 284 g/mol. The largest absolute Gasteiger partial charge is 0.396 e. The van der Waals surface area contributed by atoms with Gasteiger partial charge in [0.25, 0.3) is 0 Å². The molecule has 0 atom stereocenters. The van der Waals surface area contributed by atoms with Crippen molar-refractivity contribution in [2.45, 2.75) is 13.5 Å². The zero-order chi connectivity index (χ0) is 11.7. The first kappa shape index (κ1) is 11.1. The Labute approximate surface area is 101 Å². The third-order valence-corrected chi connectivity index (χ3v) is 2.79. The minimum absolute atomic E-state index is 0.323. The van der Waals surface area contributed by atoms with Crippen LogP contribution in [-0.4, -0.2) is 9.78 Å². The Morgan fingerprint density at radius 3 is 2.88 bits per heavy atom. The molecule has 0 spiro atoms. The Morgan fingerprint density at radius 1 is 1.50 bits per heavy atom. The molecule has 5 heteroatoms. The number of anilines is 1. The normalized spacial score (nSPS) is 10.7. The molecule has 1 aromatic carbocycles. The maximum Gasteiger partial charge on any atom is 0.132 e. The lowest BCUT2D eigenvalue weighted by Gasteiger charge is -2.01. The van der Waals surface area contributed by atoms with Crippen molar-refractivity contribution >= 4 is 21.6 Å². The Balaban J connectivity index is 2.57. The number of halogens is 2. The van der Waals surface area contributed by atoms with Gasteiger partial charge in [-0.15, -0.1) is 0 Å². The van der Waals surface area contributed by atoms with Crippen molar-refractivity contribution in [2.24, 2.45) is 0 Å². The number of nitrogens with zero attached hydrogens (tertiary/aromatic N) is 2. The Hall–Kier alpha value is -1.36. The van der Waals surface area contributed by atoms with E-state index in [2.05, 4.69) is 21.0 Å². The highest BCUT2D eigenvalue weighted by Crippen LogP contribution is 2.29. The maximum atomic E-state index is 13.6. The molecule has 1 heterocycles. The van der Waals surface area contributed by atoms with E-state index in [-0.39, 0.29) is 5.82 Å². The third kappa shape index (κ3) is 1.95. The lowest BCUT2D eigenvalue weighted by atomic mass is 10.1. The van der Waals surface area contributed by atoms with Crippen molar-refractivity contribution in [1.82, 2.24) is 9.78 Å². The molecule has 2 rings (SSSR count). The van der Waals surface area contributed by atoms with Crippen molar-refractivity contribution in [3.05, 3.63) is 34.7 Å². The molecule has 3 nitrogen and oxygen atoms in total. The Bertz CT molecular complexity index is 522. The number of hydrogen-bond acceptors (Lipinski definition) is 2. The van der Waals surface area contributed by atoms with Gasteiger partial charge in [-0.3, -0.25) is 4.68 Å². The molecule has 0 radical (unpaired) electrons. The average Bonchev–Trinajstić information content (AvgIpc) is 2.63. The summed E-state index contributed by atoms with van der Waals surface area (Å²) in [6.07, 6.45) is 1.70. The predicted molar refractivity (Wildman–Crippen MR) is 65.4 cm³/mol. The Kier molecular flexibility index (Phi) is 2.96. The SMILES string of the molecule is CCn1cc(N)c(-c2cc(Br)ccc2F)n1. The molecule has 0 bridgehead atoms. The zero-order valence-electron chi connectivity index (χ0n) is 8.74. The molecule has 2 aromatic rings. The molecule has 0 saturated carbocycles. The fourth-order valence-corrected chi connectivity index (χ4v) is 1.85. The zero-order valence-corrected chi connectivity index (χ0v) is 10.3. The number of nitrogens with two attached hydrogens (primary N) is 1. The molecule has 0 saturated heterocycles. The van der Waals surface area contributed by atoms with Gasteiger partial charge in [0.2, 0.25) is 0 Å². The number of aryl methyl sites for hydroxylation is 1. The van der Waals surface area contributed by atoms with Gasteiger partial charge in [-0.2, -0.15) is 5.10 Å². The second-order valence-electron chi connectivity index (χ2n) is 3.41. The van der Waals surface area contributed by atoms with Crippen LogP contribution >= 0.6 is 15.9 Å². The van der Waals surface area contributed by atoms with Gasteiger partial charge < -0.3 is 5.73 Å². The van der Waals surface area contributed by atoms with Crippen LogP contribution in [0.3, 0.4) is 0 Å². The number of benzene rings is 1. The first-order valence-corrected chi connectivity index (χ1v) is 5.69. The fourth-order valence-electron chi connectivity index (χ4n) is 1.49. The van der Waals surface area contributed by atoms with Crippen molar-refractivity contribution < 1.29 is 4.39 Å². The quantitative estimate of drug-likeness (QED) is 0.921. The van der Waals surface area contributed by atoms with Gasteiger partial charge in [0.1, 0.15) is 11.5 Å². The van der Waals surface area contributed by atoms with Crippen LogP contribution in [0.4, 0.5) is 10.1 Å². The van der Waals surface area contributed by atoms with Gasteiger partial charge in [0.15, 0.2) is 0 Å². The van der Waals surface area contributed by atoms with Crippen molar-refractivity contribution in [1.29, 1.82) is 0 Å². The first-order chi connectivity index (χ1) is 7.61. The lowest BCUT2D eigenvalue weighted by Crippen LogP contribution is -1.94.